The molecule has 1 saturated heterocycles. The number of rotatable bonds is 4. The topological polar surface area (TPSA) is 78.7 Å². The summed E-state index contributed by atoms with van der Waals surface area (Å²) in [6.45, 7) is 2.30. The first-order valence-corrected chi connectivity index (χ1v) is 11.7. The van der Waals surface area contributed by atoms with Crippen molar-refractivity contribution in [2.24, 2.45) is 0 Å². The molecular weight excluding hydrogens is 432 g/mol. The quantitative estimate of drug-likeness (QED) is 0.514. The highest BCUT2D eigenvalue weighted by Crippen LogP contribution is 2.33. The van der Waals surface area contributed by atoms with E-state index in [1.807, 2.05) is 35.0 Å². The van der Waals surface area contributed by atoms with Crippen molar-refractivity contribution in [2.75, 3.05) is 31.1 Å². The van der Waals surface area contributed by atoms with Crippen molar-refractivity contribution in [2.45, 2.75) is 6.54 Å². The first-order chi connectivity index (χ1) is 15.1. The van der Waals surface area contributed by atoms with Crippen LogP contribution in [0.2, 0.25) is 0 Å². The fourth-order valence-corrected chi connectivity index (χ4v) is 5.59. The van der Waals surface area contributed by atoms with Crippen molar-refractivity contribution in [1.82, 2.24) is 14.5 Å². The number of amides is 1. The van der Waals surface area contributed by atoms with Crippen molar-refractivity contribution in [1.29, 1.82) is 0 Å². The molecule has 5 rings (SSSR count). The van der Waals surface area contributed by atoms with Crippen LogP contribution in [0.4, 0.5) is 5.69 Å². The third-order valence-corrected chi connectivity index (χ3v) is 7.30. The highest BCUT2D eigenvalue weighted by Gasteiger charge is 2.23. The second-order valence-electron chi connectivity index (χ2n) is 7.34. The molecule has 9 heteroatoms. The molecule has 31 heavy (non-hydrogen) atoms. The van der Waals surface area contributed by atoms with Crippen LogP contribution in [-0.2, 0) is 11.3 Å². The number of benzene rings is 1. The monoisotopic (exact) mass is 452 g/mol. The van der Waals surface area contributed by atoms with E-state index in [4.69, 9.17) is 0 Å². The van der Waals surface area contributed by atoms with E-state index in [9.17, 15) is 14.7 Å². The second kappa shape index (κ2) is 8.16. The van der Waals surface area contributed by atoms with Gasteiger partial charge in [0.25, 0.3) is 5.56 Å². The molecule has 0 radical (unpaired) electrons. The smallest absolute Gasteiger partial charge is 0.263 e. The third-order valence-electron chi connectivity index (χ3n) is 5.51. The number of aromatic hydroxyl groups is 1. The standard InChI is InChI=1S/C22H20N4O3S2/c27-17-5-2-1-4-16(17)24-7-9-25(10-8-24)19(28)12-26-14-23-21-20(22(26)29)15(13-31-21)18-6-3-11-30-18/h1-6,11,13-14,27H,7-10,12H2. The van der Waals surface area contributed by atoms with Gasteiger partial charge in [-0.3, -0.25) is 14.2 Å². The fraction of sp³-hybridized carbons (Fsp3) is 0.227. The van der Waals surface area contributed by atoms with Gasteiger partial charge in [0, 0.05) is 42.0 Å². The molecule has 1 aromatic carbocycles. The van der Waals surface area contributed by atoms with Gasteiger partial charge in [-0.05, 0) is 23.6 Å². The molecule has 158 valence electrons. The minimum Gasteiger partial charge on any atom is -0.506 e. The third kappa shape index (κ3) is 3.70. The Balaban J connectivity index is 1.32. The number of phenols is 1. The van der Waals surface area contributed by atoms with Crippen LogP contribution in [0, 0.1) is 0 Å². The number of thiophene rings is 2. The molecule has 1 amide bonds. The lowest BCUT2D eigenvalue weighted by molar-refractivity contribution is -0.132. The van der Waals surface area contributed by atoms with Crippen LogP contribution in [0.5, 0.6) is 5.75 Å². The molecular formula is C22H20N4O3S2. The molecule has 0 aliphatic carbocycles. The Bertz CT molecular complexity index is 1290. The lowest BCUT2D eigenvalue weighted by Crippen LogP contribution is -2.50. The van der Waals surface area contributed by atoms with Crippen molar-refractivity contribution < 1.29 is 9.90 Å². The number of hydrogen-bond acceptors (Lipinski definition) is 7. The maximum Gasteiger partial charge on any atom is 0.263 e. The molecule has 1 aliphatic rings. The molecule has 0 bridgehead atoms. The summed E-state index contributed by atoms with van der Waals surface area (Å²) in [6, 6.07) is 11.2. The number of aromatic nitrogens is 2. The van der Waals surface area contributed by atoms with E-state index in [1.54, 1.807) is 28.4 Å². The molecule has 1 N–H and O–H groups in total. The number of piperazine rings is 1. The fourth-order valence-electron chi connectivity index (χ4n) is 3.87. The minimum atomic E-state index is -0.184. The van der Waals surface area contributed by atoms with Gasteiger partial charge < -0.3 is 14.9 Å². The van der Waals surface area contributed by atoms with Crippen LogP contribution in [0.25, 0.3) is 20.7 Å². The summed E-state index contributed by atoms with van der Waals surface area (Å²) < 4.78 is 1.41. The van der Waals surface area contributed by atoms with Crippen LogP contribution >= 0.6 is 22.7 Å². The molecule has 4 heterocycles. The van der Waals surface area contributed by atoms with E-state index >= 15 is 0 Å². The summed E-state index contributed by atoms with van der Waals surface area (Å²) in [4.78, 5) is 36.0. The number of nitrogens with zero attached hydrogens (tertiary/aromatic N) is 4. The van der Waals surface area contributed by atoms with E-state index in [1.165, 1.54) is 22.2 Å². The van der Waals surface area contributed by atoms with Crippen molar-refractivity contribution in [3.63, 3.8) is 0 Å². The lowest BCUT2D eigenvalue weighted by Gasteiger charge is -2.36. The SMILES string of the molecule is O=C(Cn1cnc2scc(-c3cccs3)c2c1=O)N1CCN(c2ccccc2O)CC1. The van der Waals surface area contributed by atoms with Crippen LogP contribution in [0.1, 0.15) is 0 Å². The molecule has 0 saturated carbocycles. The van der Waals surface area contributed by atoms with Crippen molar-refractivity contribution >= 4 is 44.5 Å². The van der Waals surface area contributed by atoms with Gasteiger partial charge in [-0.15, -0.1) is 22.7 Å². The van der Waals surface area contributed by atoms with Crippen LogP contribution in [-0.4, -0.2) is 51.6 Å². The van der Waals surface area contributed by atoms with Gasteiger partial charge in [0.15, 0.2) is 0 Å². The molecule has 0 atom stereocenters. The summed E-state index contributed by atoms with van der Waals surface area (Å²) >= 11 is 3.02. The Morgan fingerprint density at radius 2 is 1.87 bits per heavy atom. The Morgan fingerprint density at radius 1 is 1.06 bits per heavy atom. The molecule has 7 nitrogen and oxygen atoms in total. The molecule has 3 aromatic heterocycles. The van der Waals surface area contributed by atoms with Gasteiger partial charge in [-0.1, -0.05) is 18.2 Å². The average Bonchev–Trinajstić information content (AvgIpc) is 3.46. The summed E-state index contributed by atoms with van der Waals surface area (Å²) in [5.74, 6) is 0.138. The number of hydrogen-bond donors (Lipinski definition) is 1. The number of carbonyl (C=O) groups excluding carboxylic acids is 1. The van der Waals surface area contributed by atoms with Gasteiger partial charge in [0.1, 0.15) is 17.1 Å². The normalized spacial score (nSPS) is 14.3. The number of para-hydroxylation sites is 2. The van der Waals surface area contributed by atoms with Gasteiger partial charge >= 0.3 is 0 Å². The Labute approximate surface area is 186 Å². The zero-order valence-corrected chi connectivity index (χ0v) is 18.2. The van der Waals surface area contributed by atoms with Gasteiger partial charge in [0.05, 0.1) is 17.4 Å². The van der Waals surface area contributed by atoms with Gasteiger partial charge in [-0.25, -0.2) is 4.98 Å². The number of phenolic OH excluding ortho intramolecular Hbond substituents is 1. The Hall–Kier alpha value is -3.17. The van der Waals surface area contributed by atoms with E-state index in [0.29, 0.717) is 36.4 Å². The van der Waals surface area contributed by atoms with Gasteiger partial charge in [-0.2, -0.15) is 0 Å². The molecule has 4 aromatic rings. The van der Waals surface area contributed by atoms with E-state index in [-0.39, 0.29) is 23.8 Å². The average molecular weight is 453 g/mol. The highest BCUT2D eigenvalue weighted by atomic mass is 32.1. The summed E-state index contributed by atoms with van der Waals surface area (Å²) in [5.41, 5.74) is 1.47. The van der Waals surface area contributed by atoms with Gasteiger partial charge in [0.2, 0.25) is 5.91 Å². The zero-order valence-electron chi connectivity index (χ0n) is 16.6. The summed E-state index contributed by atoms with van der Waals surface area (Å²) in [6.07, 6.45) is 1.47. The zero-order chi connectivity index (χ0) is 21.4. The molecule has 1 fully saturated rings. The number of fused-ring (bicyclic) bond motifs is 1. The minimum absolute atomic E-state index is 0.0297. The van der Waals surface area contributed by atoms with Crippen LogP contribution < -0.4 is 10.5 Å². The first-order valence-electron chi connectivity index (χ1n) is 9.93. The summed E-state index contributed by atoms with van der Waals surface area (Å²) in [5, 5.41) is 14.6. The van der Waals surface area contributed by atoms with Crippen LogP contribution in [0.3, 0.4) is 0 Å². The Morgan fingerprint density at radius 3 is 2.61 bits per heavy atom. The largest absolute Gasteiger partial charge is 0.506 e. The predicted octanol–water partition coefficient (Wildman–Crippen LogP) is 3.24. The van der Waals surface area contributed by atoms with E-state index < -0.39 is 0 Å². The Kier molecular flexibility index (Phi) is 5.21. The number of carbonyl (C=O) groups is 1. The maximum absolute atomic E-state index is 13.1. The van der Waals surface area contributed by atoms with Crippen LogP contribution in [0.15, 0.2) is 58.3 Å². The van der Waals surface area contributed by atoms with Crippen molar-refractivity contribution in [3.05, 3.63) is 63.8 Å². The summed E-state index contributed by atoms with van der Waals surface area (Å²) in [7, 11) is 0. The molecule has 0 unspecified atom stereocenters. The molecule has 1 aliphatic heterocycles. The van der Waals surface area contributed by atoms with E-state index in [2.05, 4.69) is 9.88 Å². The number of anilines is 1. The first kappa shape index (κ1) is 19.8. The van der Waals surface area contributed by atoms with Crippen molar-refractivity contribution in [3.8, 4) is 16.2 Å². The lowest BCUT2D eigenvalue weighted by atomic mass is 10.2. The maximum atomic E-state index is 13.1. The van der Waals surface area contributed by atoms with E-state index in [0.717, 1.165) is 16.1 Å². The second-order valence-corrected chi connectivity index (χ2v) is 9.15. The highest BCUT2D eigenvalue weighted by molar-refractivity contribution is 7.18. The molecule has 0 spiro atoms. The predicted molar refractivity (Wildman–Crippen MR) is 124 cm³/mol.